The maximum atomic E-state index is 3.63. The molecular formula is C15H24N2S. The van der Waals surface area contributed by atoms with Crippen molar-refractivity contribution in [3.05, 3.63) is 29.8 Å². The Morgan fingerprint density at radius 2 is 2.11 bits per heavy atom. The summed E-state index contributed by atoms with van der Waals surface area (Å²) in [5.41, 5.74) is 1.41. The molecule has 1 fully saturated rings. The van der Waals surface area contributed by atoms with E-state index in [1.807, 2.05) is 0 Å². The zero-order chi connectivity index (χ0) is 12.8. The van der Waals surface area contributed by atoms with E-state index in [0.29, 0.717) is 12.1 Å². The van der Waals surface area contributed by atoms with Crippen LogP contribution in [0.5, 0.6) is 0 Å². The molecule has 1 heterocycles. The average Bonchev–Trinajstić information content (AvgIpc) is 2.46. The normalized spacial score (nSPS) is 21.8. The lowest BCUT2D eigenvalue weighted by atomic mass is 9.94. The van der Waals surface area contributed by atoms with E-state index >= 15 is 0 Å². The van der Waals surface area contributed by atoms with Gasteiger partial charge in [-0.2, -0.15) is 0 Å². The summed E-state index contributed by atoms with van der Waals surface area (Å²) >= 11 is 1.80. The highest BCUT2D eigenvalue weighted by Crippen LogP contribution is 2.24. The monoisotopic (exact) mass is 264 g/mol. The van der Waals surface area contributed by atoms with Gasteiger partial charge in [-0.05, 0) is 56.8 Å². The topological polar surface area (TPSA) is 24.1 Å². The van der Waals surface area contributed by atoms with E-state index in [0.717, 1.165) is 0 Å². The first-order valence-corrected chi connectivity index (χ1v) is 8.10. The highest BCUT2D eigenvalue weighted by Gasteiger charge is 2.18. The highest BCUT2D eigenvalue weighted by atomic mass is 32.2. The van der Waals surface area contributed by atoms with E-state index in [-0.39, 0.29) is 0 Å². The van der Waals surface area contributed by atoms with Gasteiger partial charge < -0.3 is 10.6 Å². The van der Waals surface area contributed by atoms with Crippen LogP contribution in [0.3, 0.4) is 0 Å². The van der Waals surface area contributed by atoms with Gasteiger partial charge in [-0.15, -0.1) is 11.8 Å². The van der Waals surface area contributed by atoms with Gasteiger partial charge in [-0.3, -0.25) is 0 Å². The summed E-state index contributed by atoms with van der Waals surface area (Å²) in [4.78, 5) is 1.34. The quantitative estimate of drug-likeness (QED) is 0.799. The van der Waals surface area contributed by atoms with Crippen LogP contribution in [0.4, 0.5) is 0 Å². The zero-order valence-corrected chi connectivity index (χ0v) is 12.2. The first-order chi connectivity index (χ1) is 8.83. The van der Waals surface area contributed by atoms with Crippen LogP contribution in [-0.4, -0.2) is 25.9 Å². The third-order valence-corrected chi connectivity index (χ3v) is 4.54. The van der Waals surface area contributed by atoms with Crippen molar-refractivity contribution in [2.75, 3.05) is 19.8 Å². The molecule has 0 radical (unpaired) electrons. The van der Waals surface area contributed by atoms with Crippen LogP contribution < -0.4 is 10.6 Å². The van der Waals surface area contributed by atoms with Gasteiger partial charge in [0.05, 0.1) is 0 Å². The molecular weight excluding hydrogens is 240 g/mol. The Hall–Kier alpha value is -0.510. The summed E-state index contributed by atoms with van der Waals surface area (Å²) in [6.07, 6.45) is 7.34. The summed E-state index contributed by atoms with van der Waals surface area (Å²) in [6.45, 7) is 1.19. The molecule has 0 aliphatic carbocycles. The number of nitrogens with one attached hydrogen (secondary N) is 2. The molecule has 100 valence electrons. The first kappa shape index (κ1) is 13.9. The van der Waals surface area contributed by atoms with Crippen LogP contribution in [-0.2, 0) is 0 Å². The second kappa shape index (κ2) is 7.17. The van der Waals surface area contributed by atoms with Gasteiger partial charge in [0.2, 0.25) is 0 Å². The first-order valence-electron chi connectivity index (χ1n) is 6.88. The molecule has 2 unspecified atom stereocenters. The highest BCUT2D eigenvalue weighted by molar-refractivity contribution is 7.98. The molecule has 1 aromatic carbocycles. The number of hydrogen-bond acceptors (Lipinski definition) is 3. The summed E-state index contributed by atoms with van der Waals surface area (Å²) in [7, 11) is 2.07. The minimum Gasteiger partial charge on any atom is -0.314 e. The van der Waals surface area contributed by atoms with Crippen molar-refractivity contribution in [1.82, 2.24) is 10.6 Å². The third kappa shape index (κ3) is 3.74. The van der Waals surface area contributed by atoms with Crippen LogP contribution >= 0.6 is 11.8 Å². The fourth-order valence-electron chi connectivity index (χ4n) is 2.67. The smallest absolute Gasteiger partial charge is 0.0332 e. The van der Waals surface area contributed by atoms with Crippen molar-refractivity contribution >= 4 is 11.8 Å². The van der Waals surface area contributed by atoms with Gasteiger partial charge in [0, 0.05) is 17.0 Å². The van der Waals surface area contributed by atoms with Crippen LogP contribution in [0.25, 0.3) is 0 Å². The average molecular weight is 264 g/mol. The Kier molecular flexibility index (Phi) is 5.54. The molecule has 2 rings (SSSR count). The van der Waals surface area contributed by atoms with Gasteiger partial charge in [0.15, 0.2) is 0 Å². The molecule has 0 saturated carbocycles. The van der Waals surface area contributed by atoms with Gasteiger partial charge in [-0.1, -0.05) is 18.6 Å². The molecule has 0 bridgehead atoms. The number of benzene rings is 1. The molecule has 0 aromatic heterocycles. The maximum Gasteiger partial charge on any atom is 0.0332 e. The zero-order valence-electron chi connectivity index (χ0n) is 11.4. The molecule has 1 aromatic rings. The van der Waals surface area contributed by atoms with Crippen molar-refractivity contribution in [2.24, 2.45) is 0 Å². The Morgan fingerprint density at radius 1 is 1.33 bits per heavy atom. The van der Waals surface area contributed by atoms with Crippen LogP contribution in [0.1, 0.15) is 37.3 Å². The van der Waals surface area contributed by atoms with Gasteiger partial charge >= 0.3 is 0 Å². The van der Waals surface area contributed by atoms with Crippen molar-refractivity contribution in [1.29, 1.82) is 0 Å². The van der Waals surface area contributed by atoms with Gasteiger partial charge in [-0.25, -0.2) is 0 Å². The van der Waals surface area contributed by atoms with Crippen LogP contribution in [0.2, 0.25) is 0 Å². The van der Waals surface area contributed by atoms with Crippen molar-refractivity contribution < 1.29 is 0 Å². The van der Waals surface area contributed by atoms with Crippen LogP contribution in [0, 0.1) is 0 Å². The summed E-state index contributed by atoms with van der Waals surface area (Å²) in [5.74, 6) is 0. The number of hydrogen-bond donors (Lipinski definition) is 2. The summed E-state index contributed by atoms with van der Waals surface area (Å²) in [5, 5.41) is 7.09. The molecule has 2 nitrogen and oxygen atoms in total. The maximum absolute atomic E-state index is 3.63. The van der Waals surface area contributed by atoms with Gasteiger partial charge in [0.1, 0.15) is 0 Å². The summed E-state index contributed by atoms with van der Waals surface area (Å²) in [6, 6.07) is 10.1. The molecule has 0 spiro atoms. The Morgan fingerprint density at radius 3 is 2.67 bits per heavy atom. The lowest BCUT2D eigenvalue weighted by molar-refractivity contribution is 0.347. The molecule has 2 N–H and O–H groups in total. The number of thioether (sulfide) groups is 1. The lowest BCUT2D eigenvalue weighted by Gasteiger charge is -2.28. The predicted octanol–water partition coefficient (Wildman–Crippen LogP) is 3.20. The van der Waals surface area contributed by atoms with Crippen molar-refractivity contribution in [3.63, 3.8) is 0 Å². The minimum absolute atomic E-state index is 0.469. The van der Waals surface area contributed by atoms with Crippen molar-refractivity contribution in [2.45, 2.75) is 42.7 Å². The lowest BCUT2D eigenvalue weighted by Crippen LogP contribution is -2.37. The van der Waals surface area contributed by atoms with E-state index in [4.69, 9.17) is 0 Å². The second-order valence-corrected chi connectivity index (χ2v) is 5.88. The minimum atomic E-state index is 0.469. The van der Waals surface area contributed by atoms with E-state index in [2.05, 4.69) is 48.2 Å². The molecule has 2 atom stereocenters. The van der Waals surface area contributed by atoms with Crippen molar-refractivity contribution in [3.8, 4) is 0 Å². The van der Waals surface area contributed by atoms with E-state index < -0.39 is 0 Å². The van der Waals surface area contributed by atoms with Gasteiger partial charge in [0.25, 0.3) is 0 Å². The molecule has 3 heteroatoms. The SMILES string of the molecule is CNC(CC1CCCCN1)c1ccc(SC)cc1. The van der Waals surface area contributed by atoms with E-state index in [9.17, 15) is 0 Å². The Bertz CT molecular complexity index is 344. The third-order valence-electron chi connectivity index (χ3n) is 3.80. The molecule has 18 heavy (non-hydrogen) atoms. The Labute approximate surface area is 115 Å². The molecule has 1 saturated heterocycles. The molecule has 1 aliphatic rings. The fourth-order valence-corrected chi connectivity index (χ4v) is 3.07. The summed E-state index contributed by atoms with van der Waals surface area (Å²) < 4.78 is 0. The number of rotatable bonds is 5. The fraction of sp³-hybridized carbons (Fsp3) is 0.600. The number of piperidine rings is 1. The molecule has 0 amide bonds. The van der Waals surface area contributed by atoms with E-state index in [1.54, 1.807) is 11.8 Å². The van der Waals surface area contributed by atoms with E-state index in [1.165, 1.54) is 42.7 Å². The molecule has 1 aliphatic heterocycles. The standard InChI is InChI=1S/C15H24N2S/c1-16-15(11-13-5-3-4-10-17-13)12-6-8-14(18-2)9-7-12/h6-9,13,15-17H,3-5,10-11H2,1-2H3. The Balaban J connectivity index is 1.97. The van der Waals surface area contributed by atoms with Crippen LogP contribution in [0.15, 0.2) is 29.2 Å². The second-order valence-electron chi connectivity index (χ2n) is 5.00. The largest absolute Gasteiger partial charge is 0.314 e. The predicted molar refractivity (Wildman–Crippen MR) is 80.3 cm³/mol.